The minimum absolute atomic E-state index is 0.0157. The fraction of sp³-hybridized carbons (Fsp3) is 0.0500. The summed E-state index contributed by atoms with van der Waals surface area (Å²) >= 11 is 0. The van der Waals surface area contributed by atoms with Crippen LogP contribution in [0.4, 0.5) is 11.4 Å². The molecule has 0 aromatic heterocycles. The number of nitro benzene ring substituents is 1. The van der Waals surface area contributed by atoms with Crippen LogP contribution in [0.3, 0.4) is 0 Å². The molecule has 0 saturated carbocycles. The highest BCUT2D eigenvalue weighted by molar-refractivity contribution is 6.07. The molecule has 0 aliphatic carbocycles. The van der Waals surface area contributed by atoms with Gasteiger partial charge < -0.3 is 10.1 Å². The van der Waals surface area contributed by atoms with E-state index in [-0.39, 0.29) is 11.3 Å². The highest BCUT2D eigenvalue weighted by Gasteiger charge is 2.19. The molecule has 6 nitrogen and oxygen atoms in total. The SMILES string of the molecule is O=C(Nc1ccc(OCc2ccccc2)cc1)c1ccccc1[N+](=O)[O-]. The Bertz CT molecular complexity index is 909. The Morgan fingerprint density at radius 3 is 2.27 bits per heavy atom. The molecule has 6 heteroatoms. The molecular weight excluding hydrogens is 332 g/mol. The van der Waals surface area contributed by atoms with Crippen molar-refractivity contribution in [2.75, 3.05) is 5.32 Å². The number of nitrogens with one attached hydrogen (secondary N) is 1. The summed E-state index contributed by atoms with van der Waals surface area (Å²) < 4.78 is 5.69. The normalized spacial score (nSPS) is 10.2. The van der Waals surface area contributed by atoms with Gasteiger partial charge in [0.2, 0.25) is 0 Å². The highest BCUT2D eigenvalue weighted by Crippen LogP contribution is 2.21. The number of rotatable bonds is 6. The van der Waals surface area contributed by atoms with Gasteiger partial charge in [0.1, 0.15) is 17.9 Å². The fourth-order valence-corrected chi connectivity index (χ4v) is 2.40. The average Bonchev–Trinajstić information content (AvgIpc) is 2.68. The van der Waals surface area contributed by atoms with Crippen LogP contribution in [0.2, 0.25) is 0 Å². The van der Waals surface area contributed by atoms with Crippen molar-refractivity contribution >= 4 is 17.3 Å². The van der Waals surface area contributed by atoms with Crippen LogP contribution in [-0.2, 0) is 6.61 Å². The molecule has 26 heavy (non-hydrogen) atoms. The zero-order valence-corrected chi connectivity index (χ0v) is 13.8. The minimum atomic E-state index is -0.574. The molecule has 0 atom stereocenters. The summed E-state index contributed by atoms with van der Waals surface area (Å²) in [5.41, 5.74) is 1.37. The van der Waals surface area contributed by atoms with Crippen molar-refractivity contribution in [2.24, 2.45) is 0 Å². The number of carbonyl (C=O) groups excluding carboxylic acids is 1. The van der Waals surface area contributed by atoms with E-state index in [4.69, 9.17) is 4.74 Å². The predicted octanol–water partition coefficient (Wildman–Crippen LogP) is 4.43. The van der Waals surface area contributed by atoms with Gasteiger partial charge >= 0.3 is 0 Å². The van der Waals surface area contributed by atoms with Gasteiger partial charge in [0, 0.05) is 11.8 Å². The van der Waals surface area contributed by atoms with E-state index >= 15 is 0 Å². The lowest BCUT2D eigenvalue weighted by Crippen LogP contribution is -2.13. The van der Waals surface area contributed by atoms with E-state index in [0.717, 1.165) is 5.56 Å². The number of hydrogen-bond acceptors (Lipinski definition) is 4. The first-order valence-electron chi connectivity index (χ1n) is 7.95. The summed E-state index contributed by atoms with van der Waals surface area (Å²) in [7, 11) is 0. The number of carbonyl (C=O) groups is 1. The third-order valence-electron chi connectivity index (χ3n) is 3.71. The smallest absolute Gasteiger partial charge is 0.282 e. The van der Waals surface area contributed by atoms with Crippen LogP contribution in [-0.4, -0.2) is 10.8 Å². The molecule has 130 valence electrons. The van der Waals surface area contributed by atoms with Gasteiger partial charge in [0.25, 0.3) is 11.6 Å². The lowest BCUT2D eigenvalue weighted by atomic mass is 10.1. The molecule has 3 aromatic carbocycles. The maximum atomic E-state index is 12.3. The standard InChI is InChI=1S/C20H16N2O4/c23-20(18-8-4-5-9-19(18)22(24)25)21-16-10-12-17(13-11-16)26-14-15-6-2-1-3-7-15/h1-13H,14H2,(H,21,23). The summed E-state index contributed by atoms with van der Waals surface area (Å²) in [6.07, 6.45) is 0. The molecule has 0 radical (unpaired) electrons. The van der Waals surface area contributed by atoms with Crippen LogP contribution >= 0.6 is 0 Å². The van der Waals surface area contributed by atoms with Gasteiger partial charge in [-0.1, -0.05) is 42.5 Å². The minimum Gasteiger partial charge on any atom is -0.489 e. The summed E-state index contributed by atoms with van der Waals surface area (Å²) in [5, 5.41) is 13.7. The second-order valence-electron chi connectivity index (χ2n) is 5.53. The van der Waals surface area contributed by atoms with Gasteiger partial charge in [-0.05, 0) is 35.9 Å². The van der Waals surface area contributed by atoms with Crippen LogP contribution in [0.15, 0.2) is 78.9 Å². The molecule has 0 aliphatic heterocycles. The lowest BCUT2D eigenvalue weighted by Gasteiger charge is -2.09. The Morgan fingerprint density at radius 1 is 0.923 bits per heavy atom. The Kier molecular flexibility index (Phi) is 5.24. The topological polar surface area (TPSA) is 81.5 Å². The van der Waals surface area contributed by atoms with Crippen molar-refractivity contribution in [3.63, 3.8) is 0 Å². The van der Waals surface area contributed by atoms with E-state index in [2.05, 4.69) is 5.32 Å². The molecule has 0 spiro atoms. The Hall–Kier alpha value is -3.67. The van der Waals surface area contributed by atoms with Crippen molar-refractivity contribution in [1.82, 2.24) is 0 Å². The average molecular weight is 348 g/mol. The predicted molar refractivity (Wildman–Crippen MR) is 98.3 cm³/mol. The molecule has 1 N–H and O–H groups in total. The highest BCUT2D eigenvalue weighted by atomic mass is 16.6. The van der Waals surface area contributed by atoms with Crippen molar-refractivity contribution < 1.29 is 14.5 Å². The summed E-state index contributed by atoms with van der Waals surface area (Å²) in [6, 6.07) is 22.5. The molecule has 3 aromatic rings. The fourth-order valence-electron chi connectivity index (χ4n) is 2.40. The summed E-state index contributed by atoms with van der Waals surface area (Å²) in [4.78, 5) is 22.7. The Balaban J connectivity index is 1.64. The monoisotopic (exact) mass is 348 g/mol. The Labute approximate surface area is 150 Å². The van der Waals surface area contributed by atoms with E-state index in [9.17, 15) is 14.9 Å². The van der Waals surface area contributed by atoms with Crippen molar-refractivity contribution in [3.8, 4) is 5.75 Å². The maximum absolute atomic E-state index is 12.3. The second kappa shape index (κ2) is 7.94. The summed E-state index contributed by atoms with van der Waals surface area (Å²) in [6.45, 7) is 0.447. The van der Waals surface area contributed by atoms with E-state index in [1.807, 2.05) is 30.3 Å². The molecule has 0 saturated heterocycles. The number of amides is 1. The van der Waals surface area contributed by atoms with E-state index < -0.39 is 10.8 Å². The number of anilines is 1. The molecule has 0 fully saturated rings. The first-order chi connectivity index (χ1) is 12.6. The van der Waals surface area contributed by atoms with Crippen LogP contribution < -0.4 is 10.1 Å². The van der Waals surface area contributed by atoms with Crippen molar-refractivity contribution in [1.29, 1.82) is 0 Å². The first-order valence-corrected chi connectivity index (χ1v) is 7.95. The first kappa shape index (κ1) is 17.2. The van der Waals surface area contributed by atoms with Gasteiger partial charge in [-0.3, -0.25) is 14.9 Å². The summed E-state index contributed by atoms with van der Waals surface area (Å²) in [5.74, 6) is 0.132. The number of nitrogens with zero attached hydrogens (tertiary/aromatic N) is 1. The van der Waals surface area contributed by atoms with Gasteiger partial charge in [-0.2, -0.15) is 0 Å². The van der Waals surface area contributed by atoms with Gasteiger partial charge in [0.05, 0.1) is 4.92 Å². The second-order valence-corrected chi connectivity index (χ2v) is 5.53. The van der Waals surface area contributed by atoms with E-state index in [1.54, 1.807) is 30.3 Å². The molecule has 0 heterocycles. The van der Waals surface area contributed by atoms with Crippen LogP contribution in [0.5, 0.6) is 5.75 Å². The maximum Gasteiger partial charge on any atom is 0.282 e. The number of para-hydroxylation sites is 1. The molecule has 0 unspecified atom stereocenters. The van der Waals surface area contributed by atoms with Crippen molar-refractivity contribution in [2.45, 2.75) is 6.61 Å². The third-order valence-corrected chi connectivity index (χ3v) is 3.71. The zero-order chi connectivity index (χ0) is 18.4. The number of hydrogen-bond donors (Lipinski definition) is 1. The van der Waals surface area contributed by atoms with Crippen molar-refractivity contribution in [3.05, 3.63) is 100 Å². The van der Waals surface area contributed by atoms with Crippen LogP contribution in [0, 0.1) is 10.1 Å². The van der Waals surface area contributed by atoms with Gasteiger partial charge in [-0.15, -0.1) is 0 Å². The molecule has 3 rings (SSSR count). The Morgan fingerprint density at radius 2 is 1.58 bits per heavy atom. The number of nitro groups is 1. The zero-order valence-electron chi connectivity index (χ0n) is 13.8. The molecular formula is C20H16N2O4. The number of benzene rings is 3. The molecule has 1 amide bonds. The van der Waals surface area contributed by atoms with E-state index in [1.165, 1.54) is 18.2 Å². The van der Waals surface area contributed by atoms with Crippen LogP contribution in [0.25, 0.3) is 0 Å². The van der Waals surface area contributed by atoms with E-state index in [0.29, 0.717) is 18.0 Å². The number of ether oxygens (including phenoxy) is 1. The van der Waals surface area contributed by atoms with Crippen LogP contribution in [0.1, 0.15) is 15.9 Å². The van der Waals surface area contributed by atoms with Gasteiger partial charge in [0.15, 0.2) is 0 Å². The molecule has 0 bridgehead atoms. The lowest BCUT2D eigenvalue weighted by molar-refractivity contribution is -0.385. The quantitative estimate of drug-likeness (QED) is 0.528. The van der Waals surface area contributed by atoms with Gasteiger partial charge in [-0.25, -0.2) is 0 Å². The third kappa shape index (κ3) is 4.24. The molecule has 0 aliphatic rings. The largest absolute Gasteiger partial charge is 0.489 e.